The monoisotopic (exact) mass is 675 g/mol. The predicted octanol–water partition coefficient (Wildman–Crippen LogP) is 9.61. The lowest BCUT2D eigenvalue weighted by Crippen LogP contribution is -2.31. The molecule has 5 rings (SSSR count). The SMILES string of the molecule is N#Cc1ccc(CN2C=CCCC(I)=C2CN(Cc2c(F)cccc2Cl)c2ccc(Oc3ccccc3)cc2)cc1. The summed E-state index contributed by atoms with van der Waals surface area (Å²) in [7, 11) is 0. The molecule has 0 radical (unpaired) electrons. The van der Waals surface area contributed by atoms with Gasteiger partial charge in [0.05, 0.1) is 18.2 Å². The topological polar surface area (TPSA) is 39.5 Å². The number of ether oxygens (including phenoxy) is 1. The van der Waals surface area contributed by atoms with Gasteiger partial charge in [-0.05, 0) is 102 Å². The minimum absolute atomic E-state index is 0.298. The number of para-hydroxylation sites is 1. The third-order valence-electron chi connectivity index (χ3n) is 6.84. The number of benzene rings is 4. The fraction of sp³-hybridized carbons (Fsp3) is 0.147. The van der Waals surface area contributed by atoms with Crippen molar-refractivity contribution < 1.29 is 9.13 Å². The van der Waals surface area contributed by atoms with Crippen LogP contribution in [0.15, 0.2) is 119 Å². The lowest BCUT2D eigenvalue weighted by Gasteiger charge is -2.32. The van der Waals surface area contributed by atoms with E-state index >= 15 is 0 Å². The smallest absolute Gasteiger partial charge is 0.129 e. The number of allylic oxidation sites excluding steroid dienone is 2. The zero-order valence-corrected chi connectivity index (χ0v) is 25.2. The number of hydrogen-bond donors (Lipinski definition) is 0. The molecule has 0 bridgehead atoms. The number of rotatable bonds is 9. The highest BCUT2D eigenvalue weighted by Gasteiger charge is 2.21. The summed E-state index contributed by atoms with van der Waals surface area (Å²) in [5.74, 6) is 1.15. The molecule has 0 saturated heterocycles. The minimum Gasteiger partial charge on any atom is -0.457 e. The van der Waals surface area contributed by atoms with Gasteiger partial charge in [-0.1, -0.05) is 54.1 Å². The first-order valence-corrected chi connectivity index (χ1v) is 14.8. The van der Waals surface area contributed by atoms with Crippen LogP contribution in [0, 0.1) is 17.1 Å². The van der Waals surface area contributed by atoms with Crippen LogP contribution in [0.25, 0.3) is 0 Å². The summed E-state index contributed by atoms with van der Waals surface area (Å²) in [6.45, 7) is 1.50. The normalized spacial score (nSPS) is 13.1. The molecule has 4 nitrogen and oxygen atoms in total. The van der Waals surface area contributed by atoms with Gasteiger partial charge in [0, 0.05) is 44.8 Å². The van der Waals surface area contributed by atoms with Gasteiger partial charge < -0.3 is 14.5 Å². The van der Waals surface area contributed by atoms with E-state index in [1.54, 1.807) is 12.1 Å². The molecule has 1 aliphatic rings. The fourth-order valence-electron chi connectivity index (χ4n) is 4.65. The van der Waals surface area contributed by atoms with Crippen LogP contribution in [-0.2, 0) is 13.1 Å². The van der Waals surface area contributed by atoms with E-state index < -0.39 is 0 Å². The van der Waals surface area contributed by atoms with Gasteiger partial charge in [-0.25, -0.2) is 4.39 Å². The van der Waals surface area contributed by atoms with Crippen LogP contribution in [0.3, 0.4) is 0 Å². The van der Waals surface area contributed by atoms with Crippen LogP contribution < -0.4 is 9.64 Å². The molecule has 0 aromatic heterocycles. The van der Waals surface area contributed by atoms with E-state index in [0.717, 1.165) is 41.3 Å². The van der Waals surface area contributed by atoms with Crippen LogP contribution in [-0.4, -0.2) is 11.4 Å². The van der Waals surface area contributed by atoms with E-state index in [1.807, 2.05) is 78.9 Å². The fourth-order valence-corrected chi connectivity index (χ4v) is 5.67. The maximum Gasteiger partial charge on any atom is 0.129 e. The Morgan fingerprint density at radius 1 is 0.902 bits per heavy atom. The second-order valence-electron chi connectivity index (χ2n) is 9.68. The molecule has 0 amide bonds. The van der Waals surface area contributed by atoms with Crippen molar-refractivity contribution >= 4 is 39.9 Å². The molecule has 7 heteroatoms. The summed E-state index contributed by atoms with van der Waals surface area (Å²) in [5, 5.41) is 9.59. The van der Waals surface area contributed by atoms with Gasteiger partial charge in [0.15, 0.2) is 0 Å². The summed E-state index contributed by atoms with van der Waals surface area (Å²) in [5.41, 5.74) is 4.26. The molecule has 41 heavy (non-hydrogen) atoms. The van der Waals surface area contributed by atoms with Crippen LogP contribution >= 0.6 is 34.2 Å². The highest BCUT2D eigenvalue weighted by molar-refractivity contribution is 14.1. The summed E-state index contributed by atoms with van der Waals surface area (Å²) < 4.78 is 22.2. The molecule has 0 aliphatic carbocycles. The molecular weight excluding hydrogens is 648 g/mol. The van der Waals surface area contributed by atoms with Crippen molar-refractivity contribution in [2.24, 2.45) is 0 Å². The lowest BCUT2D eigenvalue weighted by atomic mass is 10.1. The number of nitriles is 1. The van der Waals surface area contributed by atoms with E-state index in [0.29, 0.717) is 35.8 Å². The minimum atomic E-state index is -0.328. The molecule has 0 fully saturated rings. The van der Waals surface area contributed by atoms with Gasteiger partial charge >= 0.3 is 0 Å². The van der Waals surface area contributed by atoms with Crippen molar-refractivity contribution in [2.45, 2.75) is 25.9 Å². The summed E-state index contributed by atoms with van der Waals surface area (Å²) >= 11 is 8.93. The van der Waals surface area contributed by atoms with Gasteiger partial charge in [-0.15, -0.1) is 0 Å². The van der Waals surface area contributed by atoms with E-state index in [2.05, 4.69) is 50.7 Å². The maximum absolute atomic E-state index is 15.0. The Kier molecular flexibility index (Phi) is 9.60. The second-order valence-corrected chi connectivity index (χ2v) is 11.4. The zero-order valence-electron chi connectivity index (χ0n) is 22.3. The Hall–Kier alpha value is -3.80. The van der Waals surface area contributed by atoms with E-state index in [9.17, 15) is 9.65 Å². The standard InChI is InChI=1S/C34H28ClFIN3O/c35-31-9-6-10-32(36)30(31)23-40(27-16-18-29(19-17-27)41-28-7-2-1-3-8-28)24-34-33(37)11-4-5-20-39(34)22-26-14-12-25(21-38)13-15-26/h1-3,5-10,12-20H,4,11,22-24H2. The molecule has 0 unspecified atom stereocenters. The number of nitrogens with zero attached hydrogens (tertiary/aromatic N) is 3. The van der Waals surface area contributed by atoms with Crippen molar-refractivity contribution in [2.75, 3.05) is 11.4 Å². The molecule has 1 aliphatic heterocycles. The molecular formula is C34H28ClFIN3O. The Balaban J connectivity index is 1.46. The van der Waals surface area contributed by atoms with Crippen molar-refractivity contribution in [1.82, 2.24) is 4.90 Å². The van der Waals surface area contributed by atoms with Gasteiger partial charge in [-0.2, -0.15) is 5.26 Å². The van der Waals surface area contributed by atoms with E-state index in [4.69, 9.17) is 16.3 Å². The first kappa shape index (κ1) is 28.7. The molecule has 4 aromatic carbocycles. The molecule has 206 valence electrons. The van der Waals surface area contributed by atoms with Gasteiger partial charge in [0.1, 0.15) is 17.3 Å². The van der Waals surface area contributed by atoms with Crippen LogP contribution in [0.5, 0.6) is 11.5 Å². The Morgan fingerprint density at radius 3 is 2.34 bits per heavy atom. The zero-order chi connectivity index (χ0) is 28.6. The second kappa shape index (κ2) is 13.7. The summed E-state index contributed by atoms with van der Waals surface area (Å²) in [6.07, 6.45) is 6.18. The lowest BCUT2D eigenvalue weighted by molar-refractivity contribution is 0.445. The number of anilines is 1. The molecule has 0 saturated carbocycles. The average Bonchev–Trinajstić information content (AvgIpc) is 3.16. The first-order chi connectivity index (χ1) is 20.0. The first-order valence-electron chi connectivity index (χ1n) is 13.3. The Morgan fingerprint density at radius 2 is 1.63 bits per heavy atom. The highest BCUT2D eigenvalue weighted by Crippen LogP contribution is 2.32. The van der Waals surface area contributed by atoms with Gasteiger partial charge in [-0.3, -0.25) is 0 Å². The third-order valence-corrected chi connectivity index (χ3v) is 8.36. The molecule has 0 N–H and O–H groups in total. The molecule has 0 atom stereocenters. The number of halogens is 3. The van der Waals surface area contributed by atoms with Gasteiger partial charge in [0.2, 0.25) is 0 Å². The average molecular weight is 676 g/mol. The van der Waals surface area contributed by atoms with Crippen LogP contribution in [0.2, 0.25) is 5.02 Å². The van der Waals surface area contributed by atoms with E-state index in [-0.39, 0.29) is 5.82 Å². The quantitative estimate of drug-likeness (QED) is 0.166. The molecule has 1 heterocycles. The maximum atomic E-state index is 15.0. The van der Waals surface area contributed by atoms with Crippen LogP contribution in [0.1, 0.15) is 29.5 Å². The molecule has 4 aromatic rings. The van der Waals surface area contributed by atoms with Crippen molar-refractivity contribution in [3.05, 3.63) is 146 Å². The highest BCUT2D eigenvalue weighted by atomic mass is 127. The van der Waals surface area contributed by atoms with Gasteiger partial charge in [0.25, 0.3) is 0 Å². The Labute approximate surface area is 259 Å². The predicted molar refractivity (Wildman–Crippen MR) is 172 cm³/mol. The Bertz CT molecular complexity index is 1560. The van der Waals surface area contributed by atoms with Crippen molar-refractivity contribution in [3.63, 3.8) is 0 Å². The molecule has 0 spiro atoms. The van der Waals surface area contributed by atoms with Crippen molar-refractivity contribution in [3.8, 4) is 17.6 Å². The van der Waals surface area contributed by atoms with Crippen LogP contribution in [0.4, 0.5) is 10.1 Å². The largest absolute Gasteiger partial charge is 0.457 e. The van der Waals surface area contributed by atoms with E-state index in [1.165, 1.54) is 9.65 Å². The number of hydrogen-bond acceptors (Lipinski definition) is 4. The summed E-state index contributed by atoms with van der Waals surface area (Å²) in [6, 6.07) is 32.2. The van der Waals surface area contributed by atoms with Crippen molar-refractivity contribution in [1.29, 1.82) is 5.26 Å². The summed E-state index contributed by atoms with van der Waals surface area (Å²) in [4.78, 5) is 4.40. The third kappa shape index (κ3) is 7.49.